The Labute approximate surface area is 194 Å². The summed E-state index contributed by atoms with van der Waals surface area (Å²) < 4.78 is 0. The van der Waals surface area contributed by atoms with Crippen molar-refractivity contribution >= 4 is 23.3 Å². The lowest BCUT2D eigenvalue weighted by Gasteiger charge is -2.19. The summed E-state index contributed by atoms with van der Waals surface area (Å²) >= 11 is 0. The number of benzene rings is 2. The molecule has 0 aromatic heterocycles. The Morgan fingerprint density at radius 3 is 1.91 bits per heavy atom. The highest BCUT2D eigenvalue weighted by Gasteiger charge is 2.31. The molecular formula is C26H33N3O4. The molecule has 0 saturated carbocycles. The highest BCUT2D eigenvalue weighted by molar-refractivity contribution is 5.72. The molecule has 7 nitrogen and oxygen atoms in total. The average Bonchev–Trinajstić information content (AvgIpc) is 3.51. The first-order chi connectivity index (χ1) is 16.0. The topological polar surface area (TPSA) is 111 Å². The number of nitrogens with one attached hydrogen (secondary N) is 3. The minimum absolute atomic E-state index is 0.168. The fourth-order valence-corrected chi connectivity index (χ4v) is 5.13. The van der Waals surface area contributed by atoms with E-state index < -0.39 is 11.9 Å². The van der Waals surface area contributed by atoms with E-state index in [1.54, 1.807) is 0 Å². The van der Waals surface area contributed by atoms with Crippen LogP contribution in [-0.2, 0) is 22.4 Å². The van der Waals surface area contributed by atoms with Crippen LogP contribution in [0, 0.1) is 23.7 Å². The minimum atomic E-state index is -0.731. The molecule has 33 heavy (non-hydrogen) atoms. The van der Waals surface area contributed by atoms with Gasteiger partial charge in [-0.2, -0.15) is 0 Å². The molecule has 2 aromatic carbocycles. The van der Waals surface area contributed by atoms with Crippen LogP contribution in [0.2, 0.25) is 0 Å². The van der Waals surface area contributed by atoms with Crippen molar-refractivity contribution in [2.24, 2.45) is 23.7 Å². The van der Waals surface area contributed by atoms with Gasteiger partial charge >= 0.3 is 11.9 Å². The van der Waals surface area contributed by atoms with Gasteiger partial charge in [0.15, 0.2) is 0 Å². The van der Waals surface area contributed by atoms with Crippen molar-refractivity contribution in [1.82, 2.24) is 10.6 Å². The van der Waals surface area contributed by atoms with Crippen molar-refractivity contribution in [1.29, 1.82) is 0 Å². The third kappa shape index (κ3) is 6.12. The SMILES string of the molecule is O=C(O)[C@@H](Cc1ccc(Nc2cccc(C[C@H](C(=O)O)[C@H]3CCNC3)c2)cc1)[C@H]1CCNC1. The summed E-state index contributed by atoms with van der Waals surface area (Å²) in [6.45, 7) is 3.31. The molecular weight excluding hydrogens is 418 g/mol. The summed E-state index contributed by atoms with van der Waals surface area (Å²) in [6, 6.07) is 15.8. The number of anilines is 2. The summed E-state index contributed by atoms with van der Waals surface area (Å²) in [5.74, 6) is -1.86. The Kier molecular flexibility index (Phi) is 7.62. The van der Waals surface area contributed by atoms with Crippen LogP contribution in [0.3, 0.4) is 0 Å². The highest BCUT2D eigenvalue weighted by Crippen LogP contribution is 2.27. The standard InChI is InChI=1S/C26H33N3O4/c30-25(31)23(19-8-10-27-15-19)13-17-4-6-21(7-5-17)29-22-3-1-2-18(12-22)14-24(26(32)33)20-9-11-28-16-20/h1-7,12,19-20,23-24,27-29H,8-11,13-16H2,(H,30,31)(H,32,33)/t19-,20-,23-,24-/m0/s1. The first kappa shape index (κ1) is 23.3. The van der Waals surface area contributed by atoms with Gasteiger partial charge in [0, 0.05) is 11.4 Å². The molecule has 0 radical (unpaired) electrons. The quantitative estimate of drug-likeness (QED) is 0.377. The molecule has 4 rings (SSSR count). The number of carboxylic acid groups (broad SMARTS) is 2. The van der Waals surface area contributed by atoms with Crippen molar-refractivity contribution in [3.05, 3.63) is 59.7 Å². The maximum Gasteiger partial charge on any atom is 0.307 e. The first-order valence-electron chi connectivity index (χ1n) is 11.8. The number of aliphatic carboxylic acids is 2. The average molecular weight is 452 g/mol. The van der Waals surface area contributed by atoms with Crippen LogP contribution in [0.4, 0.5) is 11.4 Å². The minimum Gasteiger partial charge on any atom is -0.481 e. The number of hydrogen-bond acceptors (Lipinski definition) is 5. The van der Waals surface area contributed by atoms with Gasteiger partial charge in [-0.1, -0.05) is 24.3 Å². The van der Waals surface area contributed by atoms with Crippen LogP contribution in [0.5, 0.6) is 0 Å². The lowest BCUT2D eigenvalue weighted by Crippen LogP contribution is -2.27. The zero-order valence-corrected chi connectivity index (χ0v) is 18.8. The lowest BCUT2D eigenvalue weighted by molar-refractivity contribution is -0.144. The number of carbonyl (C=O) groups is 2. The molecule has 0 spiro atoms. The van der Waals surface area contributed by atoms with Gasteiger partial charge in [0.2, 0.25) is 0 Å². The van der Waals surface area contributed by atoms with E-state index in [0.29, 0.717) is 12.8 Å². The van der Waals surface area contributed by atoms with Crippen LogP contribution >= 0.6 is 0 Å². The molecule has 2 aliphatic rings. The monoisotopic (exact) mass is 451 g/mol. The summed E-state index contributed by atoms with van der Waals surface area (Å²) in [6.07, 6.45) is 2.86. The van der Waals surface area contributed by atoms with E-state index in [4.69, 9.17) is 0 Å². The molecule has 7 heteroatoms. The van der Waals surface area contributed by atoms with Crippen LogP contribution in [0.1, 0.15) is 24.0 Å². The second-order valence-corrected chi connectivity index (χ2v) is 9.33. The van der Waals surface area contributed by atoms with E-state index in [1.165, 1.54) is 0 Å². The lowest BCUT2D eigenvalue weighted by atomic mass is 9.86. The van der Waals surface area contributed by atoms with E-state index >= 15 is 0 Å². The summed E-state index contributed by atoms with van der Waals surface area (Å²) in [5, 5.41) is 29.3. The van der Waals surface area contributed by atoms with Gasteiger partial charge in [0.05, 0.1) is 11.8 Å². The predicted octanol–water partition coefficient (Wildman–Crippen LogP) is 3.14. The normalized spacial score (nSPS) is 22.1. The van der Waals surface area contributed by atoms with Gasteiger partial charge in [-0.15, -0.1) is 0 Å². The predicted molar refractivity (Wildman–Crippen MR) is 128 cm³/mol. The zero-order chi connectivity index (χ0) is 23.2. The van der Waals surface area contributed by atoms with Crippen LogP contribution in [-0.4, -0.2) is 48.3 Å². The van der Waals surface area contributed by atoms with Crippen molar-refractivity contribution in [2.75, 3.05) is 31.5 Å². The molecule has 2 aromatic rings. The Balaban J connectivity index is 1.38. The zero-order valence-electron chi connectivity index (χ0n) is 18.8. The Morgan fingerprint density at radius 1 is 0.818 bits per heavy atom. The van der Waals surface area contributed by atoms with E-state index in [-0.39, 0.29) is 23.7 Å². The van der Waals surface area contributed by atoms with Crippen LogP contribution in [0.25, 0.3) is 0 Å². The van der Waals surface area contributed by atoms with E-state index in [0.717, 1.165) is 61.5 Å². The van der Waals surface area contributed by atoms with Gasteiger partial charge in [-0.05, 0) is 99.1 Å². The van der Waals surface area contributed by atoms with E-state index in [2.05, 4.69) is 16.0 Å². The highest BCUT2D eigenvalue weighted by atomic mass is 16.4. The molecule has 4 atom stereocenters. The largest absolute Gasteiger partial charge is 0.481 e. The van der Waals surface area contributed by atoms with Crippen LogP contribution < -0.4 is 16.0 Å². The summed E-state index contributed by atoms with van der Waals surface area (Å²) in [5.41, 5.74) is 3.85. The van der Waals surface area contributed by atoms with Crippen LogP contribution in [0.15, 0.2) is 48.5 Å². The molecule has 5 N–H and O–H groups in total. The second-order valence-electron chi connectivity index (χ2n) is 9.33. The Bertz CT molecular complexity index is 950. The molecule has 176 valence electrons. The Hall–Kier alpha value is -2.90. The molecule has 0 aliphatic carbocycles. The first-order valence-corrected chi connectivity index (χ1v) is 11.8. The third-order valence-corrected chi connectivity index (χ3v) is 7.05. The molecule has 0 amide bonds. The van der Waals surface area contributed by atoms with Gasteiger partial charge in [-0.3, -0.25) is 9.59 Å². The van der Waals surface area contributed by atoms with E-state index in [1.807, 2.05) is 48.5 Å². The molecule has 0 unspecified atom stereocenters. The molecule has 2 saturated heterocycles. The number of hydrogen-bond donors (Lipinski definition) is 5. The fraction of sp³-hybridized carbons (Fsp3) is 0.462. The maximum atomic E-state index is 11.8. The van der Waals surface area contributed by atoms with Gasteiger partial charge in [0.1, 0.15) is 0 Å². The van der Waals surface area contributed by atoms with Gasteiger partial charge in [0.25, 0.3) is 0 Å². The maximum absolute atomic E-state index is 11.8. The van der Waals surface area contributed by atoms with Gasteiger partial charge < -0.3 is 26.2 Å². The summed E-state index contributed by atoms with van der Waals surface area (Å²) in [4.78, 5) is 23.6. The number of rotatable bonds is 10. The van der Waals surface area contributed by atoms with Crippen molar-refractivity contribution < 1.29 is 19.8 Å². The molecule has 0 bridgehead atoms. The van der Waals surface area contributed by atoms with Crippen molar-refractivity contribution in [2.45, 2.75) is 25.7 Å². The van der Waals surface area contributed by atoms with Crippen molar-refractivity contribution in [3.63, 3.8) is 0 Å². The second kappa shape index (κ2) is 10.8. The van der Waals surface area contributed by atoms with Gasteiger partial charge in [-0.25, -0.2) is 0 Å². The van der Waals surface area contributed by atoms with Crippen molar-refractivity contribution in [3.8, 4) is 0 Å². The fourth-order valence-electron chi connectivity index (χ4n) is 5.13. The summed E-state index contributed by atoms with van der Waals surface area (Å²) in [7, 11) is 0. The Morgan fingerprint density at radius 2 is 1.39 bits per heavy atom. The number of carboxylic acids is 2. The van der Waals surface area contributed by atoms with E-state index in [9.17, 15) is 19.8 Å². The smallest absolute Gasteiger partial charge is 0.307 e. The molecule has 2 fully saturated rings. The molecule has 2 heterocycles. The third-order valence-electron chi connectivity index (χ3n) is 7.05. The molecule has 2 aliphatic heterocycles.